The lowest BCUT2D eigenvalue weighted by Crippen LogP contribution is -2.08. The van der Waals surface area contributed by atoms with Gasteiger partial charge < -0.3 is 10.5 Å². The second-order valence-corrected chi connectivity index (χ2v) is 4.69. The van der Waals surface area contributed by atoms with Crippen LogP contribution in [0.5, 0.6) is 5.75 Å². The van der Waals surface area contributed by atoms with Gasteiger partial charge in [0.05, 0.1) is 0 Å². The zero-order valence-corrected chi connectivity index (χ0v) is 11.2. The molecule has 100 valence electrons. The molecule has 0 fully saturated rings. The van der Waals surface area contributed by atoms with Crippen LogP contribution < -0.4 is 10.5 Å². The van der Waals surface area contributed by atoms with Crippen molar-refractivity contribution in [2.24, 2.45) is 5.73 Å². The van der Waals surface area contributed by atoms with E-state index in [1.54, 1.807) is 6.07 Å². The molecule has 0 radical (unpaired) electrons. The van der Waals surface area contributed by atoms with Gasteiger partial charge in [0.15, 0.2) is 0 Å². The van der Waals surface area contributed by atoms with Gasteiger partial charge in [-0.25, -0.2) is 4.39 Å². The van der Waals surface area contributed by atoms with Crippen LogP contribution in [-0.4, -0.2) is 0 Å². The Morgan fingerprint density at radius 2 is 1.95 bits per heavy atom. The van der Waals surface area contributed by atoms with Crippen LogP contribution in [0, 0.1) is 12.7 Å². The summed E-state index contributed by atoms with van der Waals surface area (Å²) in [5.41, 5.74) is 8.71. The highest BCUT2D eigenvalue weighted by Gasteiger charge is 2.08. The molecule has 2 rings (SSSR count). The van der Waals surface area contributed by atoms with Crippen LogP contribution in [-0.2, 0) is 6.61 Å². The van der Waals surface area contributed by atoms with Gasteiger partial charge >= 0.3 is 0 Å². The Balaban J connectivity index is 2.17. The molecule has 2 aromatic rings. The van der Waals surface area contributed by atoms with Crippen LogP contribution in [0.3, 0.4) is 0 Å². The molecule has 2 aromatic carbocycles. The minimum atomic E-state index is -0.246. The van der Waals surface area contributed by atoms with Gasteiger partial charge in [0, 0.05) is 11.6 Å². The summed E-state index contributed by atoms with van der Waals surface area (Å²) in [6, 6.07) is 12.3. The van der Waals surface area contributed by atoms with E-state index in [-0.39, 0.29) is 11.9 Å². The summed E-state index contributed by atoms with van der Waals surface area (Å²) < 4.78 is 19.0. The molecule has 19 heavy (non-hydrogen) atoms. The van der Waals surface area contributed by atoms with Crippen LogP contribution in [0.2, 0.25) is 0 Å². The number of aryl methyl sites for hydroxylation is 1. The number of nitrogens with two attached hydrogens (primary N) is 1. The Hall–Kier alpha value is -1.87. The molecule has 1 atom stereocenters. The molecule has 2 nitrogen and oxygen atoms in total. The van der Waals surface area contributed by atoms with E-state index in [0.29, 0.717) is 6.61 Å². The summed E-state index contributed by atoms with van der Waals surface area (Å²) in [5.74, 6) is 0.505. The second kappa shape index (κ2) is 5.85. The van der Waals surface area contributed by atoms with Crippen LogP contribution >= 0.6 is 0 Å². The predicted octanol–water partition coefficient (Wildman–Crippen LogP) is 3.73. The predicted molar refractivity (Wildman–Crippen MR) is 74.5 cm³/mol. The topological polar surface area (TPSA) is 35.2 Å². The average molecular weight is 259 g/mol. The molecule has 0 heterocycles. The molecule has 0 aliphatic carbocycles. The van der Waals surface area contributed by atoms with Crippen molar-refractivity contribution in [1.82, 2.24) is 0 Å². The van der Waals surface area contributed by atoms with Crippen molar-refractivity contribution in [3.05, 3.63) is 65.0 Å². The molecule has 1 unspecified atom stereocenters. The fourth-order valence-electron chi connectivity index (χ4n) is 1.94. The Morgan fingerprint density at radius 1 is 1.21 bits per heavy atom. The number of hydrogen-bond acceptors (Lipinski definition) is 2. The zero-order chi connectivity index (χ0) is 13.8. The number of para-hydroxylation sites is 1. The van der Waals surface area contributed by atoms with Gasteiger partial charge in [-0.15, -0.1) is 0 Å². The number of halogens is 1. The van der Waals surface area contributed by atoms with E-state index in [1.165, 1.54) is 12.1 Å². The van der Waals surface area contributed by atoms with Crippen molar-refractivity contribution in [3.8, 4) is 5.75 Å². The minimum absolute atomic E-state index is 0.0928. The van der Waals surface area contributed by atoms with Crippen molar-refractivity contribution >= 4 is 0 Å². The maximum atomic E-state index is 13.2. The van der Waals surface area contributed by atoms with Gasteiger partial charge in [-0.2, -0.15) is 0 Å². The lowest BCUT2D eigenvalue weighted by Gasteiger charge is -2.14. The van der Waals surface area contributed by atoms with Gasteiger partial charge in [-0.05, 0) is 43.2 Å². The summed E-state index contributed by atoms with van der Waals surface area (Å²) in [6.07, 6.45) is 0. The van der Waals surface area contributed by atoms with Crippen molar-refractivity contribution in [2.75, 3.05) is 0 Å². The molecule has 3 heteroatoms. The van der Waals surface area contributed by atoms with Crippen LogP contribution in [0.15, 0.2) is 42.5 Å². The standard InChI is InChI=1S/C16H18FNO/c1-11-7-8-14(17)9-13(11)10-19-16-6-4-3-5-15(16)12(2)18/h3-9,12H,10,18H2,1-2H3. The molecule has 0 amide bonds. The Morgan fingerprint density at radius 3 is 2.68 bits per heavy atom. The molecule has 0 aliphatic heterocycles. The lowest BCUT2D eigenvalue weighted by molar-refractivity contribution is 0.300. The van der Waals surface area contributed by atoms with Crippen molar-refractivity contribution in [1.29, 1.82) is 0 Å². The zero-order valence-electron chi connectivity index (χ0n) is 11.2. The van der Waals surface area contributed by atoms with Gasteiger partial charge in [0.25, 0.3) is 0 Å². The van der Waals surface area contributed by atoms with Gasteiger partial charge in [0.2, 0.25) is 0 Å². The van der Waals surface area contributed by atoms with Crippen LogP contribution in [0.4, 0.5) is 4.39 Å². The van der Waals surface area contributed by atoms with E-state index in [9.17, 15) is 4.39 Å². The Kier molecular flexibility index (Phi) is 4.17. The first-order valence-corrected chi connectivity index (χ1v) is 6.30. The fraction of sp³-hybridized carbons (Fsp3) is 0.250. The third kappa shape index (κ3) is 3.32. The third-order valence-corrected chi connectivity index (χ3v) is 3.10. The number of benzene rings is 2. The maximum Gasteiger partial charge on any atom is 0.124 e. The lowest BCUT2D eigenvalue weighted by atomic mass is 10.1. The normalized spacial score (nSPS) is 12.2. The summed E-state index contributed by atoms with van der Waals surface area (Å²) in [5, 5.41) is 0. The van der Waals surface area contributed by atoms with E-state index < -0.39 is 0 Å². The average Bonchev–Trinajstić information content (AvgIpc) is 2.40. The molecule has 2 N–H and O–H groups in total. The maximum absolute atomic E-state index is 13.2. The van der Waals surface area contributed by atoms with E-state index in [4.69, 9.17) is 10.5 Å². The summed E-state index contributed by atoms with van der Waals surface area (Å²) in [6.45, 7) is 4.19. The first kappa shape index (κ1) is 13.6. The number of rotatable bonds is 4. The molecule has 0 aliphatic rings. The number of ether oxygens (including phenoxy) is 1. The van der Waals surface area contributed by atoms with E-state index in [2.05, 4.69) is 0 Å². The van der Waals surface area contributed by atoms with E-state index >= 15 is 0 Å². The van der Waals surface area contributed by atoms with Crippen LogP contribution in [0.25, 0.3) is 0 Å². The number of hydrogen-bond donors (Lipinski definition) is 1. The summed E-state index contributed by atoms with van der Waals surface area (Å²) in [7, 11) is 0. The Labute approximate surface area is 113 Å². The summed E-state index contributed by atoms with van der Waals surface area (Å²) in [4.78, 5) is 0. The van der Waals surface area contributed by atoms with E-state index in [1.807, 2.05) is 38.1 Å². The fourth-order valence-corrected chi connectivity index (χ4v) is 1.94. The third-order valence-electron chi connectivity index (χ3n) is 3.10. The first-order chi connectivity index (χ1) is 9.08. The molecule has 0 saturated carbocycles. The highest BCUT2D eigenvalue weighted by molar-refractivity contribution is 5.36. The van der Waals surface area contributed by atoms with Gasteiger partial charge in [0.1, 0.15) is 18.2 Å². The van der Waals surface area contributed by atoms with Crippen molar-refractivity contribution in [2.45, 2.75) is 26.5 Å². The largest absolute Gasteiger partial charge is 0.489 e. The quantitative estimate of drug-likeness (QED) is 0.908. The minimum Gasteiger partial charge on any atom is -0.489 e. The highest BCUT2D eigenvalue weighted by Crippen LogP contribution is 2.24. The molecule has 0 bridgehead atoms. The SMILES string of the molecule is Cc1ccc(F)cc1COc1ccccc1C(C)N. The van der Waals surface area contributed by atoms with E-state index in [0.717, 1.165) is 22.4 Å². The second-order valence-electron chi connectivity index (χ2n) is 4.69. The van der Waals surface area contributed by atoms with Crippen molar-refractivity contribution < 1.29 is 9.13 Å². The first-order valence-electron chi connectivity index (χ1n) is 6.30. The molecule has 0 aromatic heterocycles. The smallest absolute Gasteiger partial charge is 0.124 e. The van der Waals surface area contributed by atoms with Crippen LogP contribution in [0.1, 0.15) is 29.7 Å². The molecular weight excluding hydrogens is 241 g/mol. The molecular formula is C16H18FNO. The monoisotopic (exact) mass is 259 g/mol. The van der Waals surface area contributed by atoms with Crippen molar-refractivity contribution in [3.63, 3.8) is 0 Å². The van der Waals surface area contributed by atoms with Gasteiger partial charge in [-0.1, -0.05) is 24.3 Å². The van der Waals surface area contributed by atoms with Gasteiger partial charge in [-0.3, -0.25) is 0 Å². The molecule has 0 spiro atoms. The Bertz CT molecular complexity index is 566. The summed E-state index contributed by atoms with van der Waals surface area (Å²) >= 11 is 0. The molecule has 0 saturated heterocycles. The highest BCUT2D eigenvalue weighted by atomic mass is 19.1.